The number of hydrogen-bond acceptors (Lipinski definition) is 4. The molecule has 98 valence electrons. The molecule has 0 aliphatic carbocycles. The molecule has 6 nitrogen and oxygen atoms in total. The van der Waals surface area contributed by atoms with Crippen LogP contribution >= 0.6 is 0 Å². The van der Waals surface area contributed by atoms with E-state index in [1.165, 1.54) is 5.56 Å². The standard InChI is InChI=1S/C13H16N6/c1-10-4-3-7-19-12(10)16-13(17-19)14-6-5-11-8-15-18(2)9-11/h3-4,7-9H,5-6H2,1-2H3,(H,14,17). The van der Waals surface area contributed by atoms with Gasteiger partial charge >= 0.3 is 0 Å². The van der Waals surface area contributed by atoms with Crippen molar-refractivity contribution >= 4 is 11.6 Å². The Kier molecular flexibility index (Phi) is 2.91. The molecular weight excluding hydrogens is 240 g/mol. The van der Waals surface area contributed by atoms with Gasteiger partial charge in [-0.25, -0.2) is 4.52 Å². The third kappa shape index (κ3) is 2.42. The van der Waals surface area contributed by atoms with Crippen molar-refractivity contribution in [3.8, 4) is 0 Å². The quantitative estimate of drug-likeness (QED) is 0.767. The van der Waals surface area contributed by atoms with Gasteiger partial charge in [0.15, 0.2) is 5.65 Å². The highest BCUT2D eigenvalue weighted by atomic mass is 15.3. The van der Waals surface area contributed by atoms with Crippen LogP contribution in [0.5, 0.6) is 0 Å². The smallest absolute Gasteiger partial charge is 0.243 e. The van der Waals surface area contributed by atoms with Crippen molar-refractivity contribution < 1.29 is 0 Å². The lowest BCUT2D eigenvalue weighted by molar-refractivity contribution is 0.766. The first-order chi connectivity index (χ1) is 9.22. The molecule has 0 aliphatic rings. The van der Waals surface area contributed by atoms with Gasteiger partial charge in [0, 0.05) is 26.0 Å². The highest BCUT2D eigenvalue weighted by molar-refractivity contribution is 5.49. The lowest BCUT2D eigenvalue weighted by atomic mass is 10.2. The summed E-state index contributed by atoms with van der Waals surface area (Å²) < 4.78 is 3.60. The van der Waals surface area contributed by atoms with Gasteiger partial charge in [0.2, 0.25) is 5.95 Å². The van der Waals surface area contributed by atoms with Gasteiger partial charge in [0.1, 0.15) is 0 Å². The number of anilines is 1. The van der Waals surface area contributed by atoms with E-state index in [4.69, 9.17) is 0 Å². The topological polar surface area (TPSA) is 60.0 Å². The molecule has 0 saturated carbocycles. The summed E-state index contributed by atoms with van der Waals surface area (Å²) in [4.78, 5) is 4.47. The maximum Gasteiger partial charge on any atom is 0.243 e. The van der Waals surface area contributed by atoms with Crippen LogP contribution in [0, 0.1) is 6.92 Å². The summed E-state index contributed by atoms with van der Waals surface area (Å²) in [5.41, 5.74) is 3.22. The SMILES string of the molecule is Cc1cccn2nc(NCCc3cnn(C)c3)nc12. The van der Waals surface area contributed by atoms with Gasteiger partial charge in [-0.1, -0.05) is 6.07 Å². The van der Waals surface area contributed by atoms with Gasteiger partial charge in [-0.15, -0.1) is 5.10 Å². The van der Waals surface area contributed by atoms with Crippen LogP contribution in [0.4, 0.5) is 5.95 Å². The monoisotopic (exact) mass is 256 g/mol. The van der Waals surface area contributed by atoms with E-state index >= 15 is 0 Å². The molecule has 0 bridgehead atoms. The third-order valence-corrected chi connectivity index (χ3v) is 3.01. The van der Waals surface area contributed by atoms with Gasteiger partial charge in [0.25, 0.3) is 0 Å². The maximum atomic E-state index is 4.47. The predicted molar refractivity (Wildman–Crippen MR) is 73.1 cm³/mol. The molecule has 0 spiro atoms. The minimum atomic E-state index is 0.665. The molecule has 0 aromatic carbocycles. The normalized spacial score (nSPS) is 11.1. The molecular formula is C13H16N6. The molecule has 19 heavy (non-hydrogen) atoms. The van der Waals surface area contributed by atoms with E-state index in [0.29, 0.717) is 5.95 Å². The second-order valence-corrected chi connectivity index (χ2v) is 4.59. The lowest BCUT2D eigenvalue weighted by Crippen LogP contribution is -2.05. The fraction of sp³-hybridized carbons (Fsp3) is 0.308. The molecule has 1 N–H and O–H groups in total. The molecule has 0 radical (unpaired) electrons. The number of rotatable bonds is 4. The first-order valence-corrected chi connectivity index (χ1v) is 6.26. The predicted octanol–water partition coefficient (Wildman–Crippen LogP) is 1.43. The van der Waals surface area contributed by atoms with Crippen molar-refractivity contribution in [3.05, 3.63) is 41.9 Å². The second kappa shape index (κ2) is 4.72. The number of hydrogen-bond donors (Lipinski definition) is 1. The Morgan fingerprint density at radius 1 is 1.37 bits per heavy atom. The molecule has 0 amide bonds. The Morgan fingerprint density at radius 3 is 3.00 bits per heavy atom. The number of fused-ring (bicyclic) bond motifs is 1. The van der Waals surface area contributed by atoms with E-state index in [0.717, 1.165) is 24.2 Å². The Morgan fingerprint density at radius 2 is 2.26 bits per heavy atom. The number of nitrogens with zero attached hydrogens (tertiary/aromatic N) is 5. The summed E-state index contributed by atoms with van der Waals surface area (Å²) in [7, 11) is 1.92. The van der Waals surface area contributed by atoms with Gasteiger partial charge in [-0.2, -0.15) is 10.1 Å². The van der Waals surface area contributed by atoms with Crippen molar-refractivity contribution in [1.82, 2.24) is 24.4 Å². The summed E-state index contributed by atoms with van der Waals surface area (Å²) in [6.07, 6.45) is 6.70. The average Bonchev–Trinajstić information content (AvgIpc) is 2.97. The molecule has 3 aromatic heterocycles. The summed E-state index contributed by atoms with van der Waals surface area (Å²) in [6, 6.07) is 4.00. The van der Waals surface area contributed by atoms with Crippen molar-refractivity contribution in [3.63, 3.8) is 0 Å². The summed E-state index contributed by atoms with van der Waals surface area (Å²) >= 11 is 0. The Labute approximate surface area is 111 Å². The fourth-order valence-electron chi connectivity index (χ4n) is 2.03. The Balaban J connectivity index is 1.67. The van der Waals surface area contributed by atoms with Crippen LogP contribution in [0.15, 0.2) is 30.7 Å². The van der Waals surface area contributed by atoms with Crippen molar-refractivity contribution in [1.29, 1.82) is 0 Å². The fourth-order valence-corrected chi connectivity index (χ4v) is 2.03. The maximum absolute atomic E-state index is 4.47. The van der Waals surface area contributed by atoms with Gasteiger partial charge in [-0.3, -0.25) is 4.68 Å². The van der Waals surface area contributed by atoms with Gasteiger partial charge < -0.3 is 5.32 Å². The van der Waals surface area contributed by atoms with E-state index < -0.39 is 0 Å². The Hall–Kier alpha value is -2.37. The van der Waals surface area contributed by atoms with Crippen LogP contribution in [0.1, 0.15) is 11.1 Å². The number of pyridine rings is 1. The number of nitrogens with one attached hydrogen (secondary N) is 1. The van der Waals surface area contributed by atoms with E-state index in [9.17, 15) is 0 Å². The summed E-state index contributed by atoms with van der Waals surface area (Å²) in [5, 5.41) is 11.8. The van der Waals surface area contributed by atoms with Crippen LogP contribution < -0.4 is 5.32 Å². The van der Waals surface area contributed by atoms with E-state index in [-0.39, 0.29) is 0 Å². The van der Waals surface area contributed by atoms with Crippen LogP contribution in [-0.4, -0.2) is 30.9 Å². The van der Waals surface area contributed by atoms with Gasteiger partial charge in [-0.05, 0) is 30.5 Å². The first kappa shape index (κ1) is 11.7. The zero-order valence-electron chi connectivity index (χ0n) is 11.0. The zero-order valence-corrected chi connectivity index (χ0v) is 11.0. The van der Waals surface area contributed by atoms with Crippen molar-refractivity contribution in [2.75, 3.05) is 11.9 Å². The van der Waals surface area contributed by atoms with Crippen molar-refractivity contribution in [2.24, 2.45) is 7.05 Å². The number of aromatic nitrogens is 5. The molecule has 0 saturated heterocycles. The largest absolute Gasteiger partial charge is 0.353 e. The van der Waals surface area contributed by atoms with Crippen LogP contribution in [0.2, 0.25) is 0 Å². The zero-order chi connectivity index (χ0) is 13.2. The van der Waals surface area contributed by atoms with Gasteiger partial charge in [0.05, 0.1) is 6.20 Å². The lowest BCUT2D eigenvalue weighted by Gasteiger charge is -1.98. The van der Waals surface area contributed by atoms with Crippen LogP contribution in [-0.2, 0) is 13.5 Å². The van der Waals surface area contributed by atoms with E-state index in [1.54, 1.807) is 4.52 Å². The average molecular weight is 256 g/mol. The highest BCUT2D eigenvalue weighted by Gasteiger charge is 2.04. The molecule has 0 atom stereocenters. The molecule has 6 heteroatoms. The van der Waals surface area contributed by atoms with Crippen molar-refractivity contribution in [2.45, 2.75) is 13.3 Å². The third-order valence-electron chi connectivity index (χ3n) is 3.01. The molecule has 0 aliphatic heterocycles. The van der Waals surface area contributed by atoms with Crippen LogP contribution in [0.25, 0.3) is 5.65 Å². The molecule has 3 aromatic rings. The Bertz CT molecular complexity index is 696. The molecule has 0 fully saturated rings. The highest BCUT2D eigenvalue weighted by Crippen LogP contribution is 2.09. The van der Waals surface area contributed by atoms with Crippen LogP contribution in [0.3, 0.4) is 0 Å². The summed E-state index contributed by atoms with van der Waals surface area (Å²) in [5.74, 6) is 0.665. The first-order valence-electron chi connectivity index (χ1n) is 6.26. The minimum absolute atomic E-state index is 0.665. The minimum Gasteiger partial charge on any atom is -0.353 e. The van der Waals surface area contributed by atoms with E-state index in [1.807, 2.05) is 49.4 Å². The molecule has 0 unspecified atom stereocenters. The second-order valence-electron chi connectivity index (χ2n) is 4.59. The van der Waals surface area contributed by atoms with E-state index in [2.05, 4.69) is 20.5 Å². The summed E-state index contributed by atoms with van der Waals surface area (Å²) in [6.45, 7) is 2.82. The molecule has 3 rings (SSSR count). The molecule has 3 heterocycles. The number of aryl methyl sites for hydroxylation is 2.